The Morgan fingerprint density at radius 1 is 0.646 bits per heavy atom. The van der Waals surface area contributed by atoms with Crippen LogP contribution in [0, 0.1) is 0 Å². The van der Waals surface area contributed by atoms with Gasteiger partial charge in [0.05, 0.1) is 22.8 Å². The topological polar surface area (TPSA) is 53.5 Å². The van der Waals surface area contributed by atoms with Crippen molar-refractivity contribution in [3.8, 4) is 0 Å². The van der Waals surface area contributed by atoms with E-state index in [1.165, 1.54) is 90.7 Å². The van der Waals surface area contributed by atoms with Crippen molar-refractivity contribution < 1.29 is 4.79 Å². The summed E-state index contributed by atoms with van der Waals surface area (Å²) in [6.45, 7) is 21.2. The molecule has 0 spiro atoms. The fourth-order valence-corrected chi connectivity index (χ4v) is 6.67. The van der Waals surface area contributed by atoms with E-state index in [0.717, 1.165) is 37.2 Å². The Balaban J connectivity index is 0.000000275. The molecule has 0 radical (unpaired) electrons. The Kier molecular flexibility index (Phi) is 16.7. The van der Waals surface area contributed by atoms with Gasteiger partial charge in [0.15, 0.2) is 5.78 Å². The number of allylic oxidation sites excluding steroid dienone is 4. The van der Waals surface area contributed by atoms with E-state index < -0.39 is 0 Å². The lowest BCUT2D eigenvalue weighted by atomic mass is 9.92. The number of anilines is 1. The first-order chi connectivity index (χ1) is 23.0. The van der Waals surface area contributed by atoms with Crippen molar-refractivity contribution in [3.63, 3.8) is 0 Å². The van der Waals surface area contributed by atoms with E-state index in [9.17, 15) is 4.79 Å². The van der Waals surface area contributed by atoms with Crippen molar-refractivity contribution in [2.75, 3.05) is 11.9 Å². The molecule has 0 amide bonds. The van der Waals surface area contributed by atoms with Crippen LogP contribution in [-0.4, -0.2) is 18.0 Å². The second kappa shape index (κ2) is 20.4. The van der Waals surface area contributed by atoms with Gasteiger partial charge in [-0.2, -0.15) is 0 Å². The fourth-order valence-electron chi connectivity index (χ4n) is 6.67. The highest BCUT2D eigenvalue weighted by molar-refractivity contribution is 6.02. The standard InChI is InChI=1S/C26H42N2.C18H25NO/c1-6-7-8-9-10-13-19-27-24-17-11-12-18-25(24)28-26-22(20(2)3)15-14-16-23(26)21(4)5;1-12(2)14-8-7-9-15(13(3)4)18(14)19-16-10-5-6-11-17(16)20/h14-17,20-21,27H,6-13,18-19H2,1-5H3;7-10,12-13,19H,5-6,11H2,1-4H3. The molecule has 2 aromatic carbocycles. The maximum absolute atomic E-state index is 12.0. The molecule has 2 N–H and O–H groups in total. The van der Waals surface area contributed by atoms with E-state index in [2.05, 4.69) is 115 Å². The van der Waals surface area contributed by atoms with Crippen LogP contribution in [0.2, 0.25) is 0 Å². The third-order valence-electron chi connectivity index (χ3n) is 9.60. The van der Waals surface area contributed by atoms with Crippen molar-refractivity contribution in [2.45, 2.75) is 163 Å². The van der Waals surface area contributed by atoms with Gasteiger partial charge in [-0.05, 0) is 84.5 Å². The Morgan fingerprint density at radius 2 is 1.15 bits per heavy atom. The van der Waals surface area contributed by atoms with E-state index in [0.29, 0.717) is 30.1 Å². The van der Waals surface area contributed by atoms with Crippen LogP contribution in [0.25, 0.3) is 0 Å². The highest BCUT2D eigenvalue weighted by Gasteiger charge is 2.20. The fraction of sp³-hybridized carbons (Fsp3) is 0.591. The third kappa shape index (κ3) is 11.8. The molecule has 0 saturated heterocycles. The minimum atomic E-state index is 0.240. The minimum Gasteiger partial charge on any atom is -0.384 e. The number of para-hydroxylation sites is 2. The number of carbonyl (C=O) groups excluding carboxylic acids is 1. The molecule has 0 fully saturated rings. The smallest absolute Gasteiger partial charge is 0.178 e. The zero-order chi connectivity index (χ0) is 35.1. The van der Waals surface area contributed by atoms with Crippen LogP contribution in [-0.2, 0) is 4.79 Å². The number of ketones is 1. The molecule has 0 aliphatic heterocycles. The number of benzene rings is 2. The molecule has 2 aliphatic carbocycles. The molecule has 0 saturated carbocycles. The summed E-state index contributed by atoms with van der Waals surface area (Å²) in [6.07, 6.45) is 18.6. The lowest BCUT2D eigenvalue weighted by Crippen LogP contribution is -2.24. The lowest BCUT2D eigenvalue weighted by molar-refractivity contribution is -0.115. The average Bonchev–Trinajstić information content (AvgIpc) is 3.06. The van der Waals surface area contributed by atoms with Gasteiger partial charge in [-0.25, -0.2) is 0 Å². The quantitative estimate of drug-likeness (QED) is 0.188. The number of Topliss-reactive ketones (excluding diaryl/α,β-unsaturated/α-hetero) is 1. The number of unbranched alkanes of at least 4 members (excludes halogenated alkanes) is 5. The van der Waals surface area contributed by atoms with Crippen molar-refractivity contribution in [1.29, 1.82) is 0 Å². The third-order valence-corrected chi connectivity index (χ3v) is 9.60. The minimum absolute atomic E-state index is 0.240. The maximum Gasteiger partial charge on any atom is 0.178 e. The average molecular weight is 654 g/mol. The van der Waals surface area contributed by atoms with Crippen molar-refractivity contribution >= 4 is 22.9 Å². The van der Waals surface area contributed by atoms with E-state index in [1.807, 2.05) is 6.08 Å². The zero-order valence-electron chi connectivity index (χ0n) is 32.0. The van der Waals surface area contributed by atoms with Gasteiger partial charge in [-0.15, -0.1) is 0 Å². The Hall–Kier alpha value is -3.14. The first-order valence-corrected chi connectivity index (χ1v) is 19.3. The van der Waals surface area contributed by atoms with Gasteiger partial charge in [-0.3, -0.25) is 9.79 Å². The molecule has 0 atom stereocenters. The zero-order valence-corrected chi connectivity index (χ0v) is 32.0. The van der Waals surface area contributed by atoms with E-state index in [-0.39, 0.29) is 5.78 Å². The highest BCUT2D eigenvalue weighted by Crippen LogP contribution is 2.36. The SMILES string of the molecule is CC(C)c1cccc(C(C)C)c1NC1=CCCCC1=O.CCCCCCCCNC1=CCCCC1=Nc1c(C(C)C)cccc1C(C)C. The summed E-state index contributed by atoms with van der Waals surface area (Å²) in [5.41, 5.74) is 11.0. The molecule has 0 unspecified atom stereocenters. The van der Waals surface area contributed by atoms with Gasteiger partial charge in [0.1, 0.15) is 0 Å². The van der Waals surface area contributed by atoms with Crippen LogP contribution in [0.4, 0.5) is 11.4 Å². The van der Waals surface area contributed by atoms with Gasteiger partial charge in [0, 0.05) is 18.7 Å². The summed E-state index contributed by atoms with van der Waals surface area (Å²) < 4.78 is 0. The maximum atomic E-state index is 12.0. The number of hydrogen-bond acceptors (Lipinski definition) is 4. The van der Waals surface area contributed by atoms with Crippen LogP contribution in [0.15, 0.2) is 64.9 Å². The molecule has 0 bridgehead atoms. The second-order valence-corrected chi connectivity index (χ2v) is 15.0. The first kappa shape index (κ1) is 39.3. The number of nitrogens with zero attached hydrogens (tertiary/aromatic N) is 1. The normalized spacial score (nSPS) is 15.9. The monoisotopic (exact) mass is 654 g/mol. The molecule has 0 aromatic heterocycles. The summed E-state index contributed by atoms with van der Waals surface area (Å²) in [5, 5.41) is 7.15. The van der Waals surface area contributed by atoms with Crippen molar-refractivity contribution in [2.24, 2.45) is 4.99 Å². The first-order valence-electron chi connectivity index (χ1n) is 19.3. The predicted octanol–water partition coefficient (Wildman–Crippen LogP) is 13.0. The van der Waals surface area contributed by atoms with Gasteiger partial charge < -0.3 is 10.6 Å². The van der Waals surface area contributed by atoms with Crippen LogP contribution in [0.3, 0.4) is 0 Å². The molecule has 0 heterocycles. The van der Waals surface area contributed by atoms with Gasteiger partial charge in [-0.1, -0.05) is 143 Å². The van der Waals surface area contributed by atoms with Crippen molar-refractivity contribution in [3.05, 3.63) is 82.2 Å². The summed E-state index contributed by atoms with van der Waals surface area (Å²) in [5.74, 6) is 2.10. The second-order valence-electron chi connectivity index (χ2n) is 15.0. The summed E-state index contributed by atoms with van der Waals surface area (Å²) >= 11 is 0. The molecule has 4 nitrogen and oxygen atoms in total. The molecule has 48 heavy (non-hydrogen) atoms. The van der Waals surface area contributed by atoms with Gasteiger partial charge in [0.2, 0.25) is 0 Å². The van der Waals surface area contributed by atoms with Crippen LogP contribution >= 0.6 is 0 Å². The van der Waals surface area contributed by atoms with Gasteiger partial charge >= 0.3 is 0 Å². The summed E-state index contributed by atoms with van der Waals surface area (Å²) in [4.78, 5) is 17.3. The Morgan fingerprint density at radius 3 is 1.69 bits per heavy atom. The summed E-state index contributed by atoms with van der Waals surface area (Å²) in [7, 11) is 0. The number of nitrogens with one attached hydrogen (secondary N) is 2. The largest absolute Gasteiger partial charge is 0.384 e. The number of aliphatic imine (C=N–C) groups is 1. The van der Waals surface area contributed by atoms with Crippen LogP contribution in [0.1, 0.15) is 185 Å². The molecular formula is C44H67N3O. The molecule has 4 heteroatoms. The number of rotatable bonds is 15. The van der Waals surface area contributed by atoms with Crippen LogP contribution in [0.5, 0.6) is 0 Å². The molecule has 4 rings (SSSR count). The lowest BCUT2D eigenvalue weighted by Gasteiger charge is -2.23. The summed E-state index contributed by atoms with van der Waals surface area (Å²) in [6, 6.07) is 13.1. The van der Waals surface area contributed by atoms with Crippen LogP contribution < -0.4 is 10.6 Å². The number of carbonyl (C=O) groups is 1. The molecule has 2 aliphatic rings. The number of hydrogen-bond donors (Lipinski definition) is 2. The van der Waals surface area contributed by atoms with E-state index >= 15 is 0 Å². The van der Waals surface area contributed by atoms with Crippen molar-refractivity contribution in [1.82, 2.24) is 5.32 Å². The highest BCUT2D eigenvalue weighted by atomic mass is 16.1. The molecule has 2 aromatic rings. The van der Waals surface area contributed by atoms with E-state index in [1.54, 1.807) is 0 Å². The van der Waals surface area contributed by atoms with Gasteiger partial charge in [0.25, 0.3) is 0 Å². The Labute approximate surface area is 294 Å². The molecular weight excluding hydrogens is 587 g/mol. The Bertz CT molecular complexity index is 1340. The van der Waals surface area contributed by atoms with E-state index in [4.69, 9.17) is 4.99 Å². The molecule has 264 valence electrons. The predicted molar refractivity (Wildman–Crippen MR) is 210 cm³/mol.